The van der Waals surface area contributed by atoms with Crippen LogP contribution in [0.2, 0.25) is 0 Å². The normalized spacial score (nSPS) is 20.3. The first-order chi connectivity index (χ1) is 13.0. The summed E-state index contributed by atoms with van der Waals surface area (Å²) in [6.45, 7) is 5.39. The lowest BCUT2D eigenvalue weighted by Gasteiger charge is -2.19. The number of aryl methyl sites for hydroxylation is 1. The maximum Gasteiger partial charge on any atom is 0.223 e. The highest BCUT2D eigenvalue weighted by molar-refractivity contribution is 7.15. The molecule has 0 spiro atoms. The molecule has 1 amide bonds. The quantitative estimate of drug-likeness (QED) is 0.731. The molecule has 1 aliphatic rings. The fourth-order valence-electron chi connectivity index (χ4n) is 3.55. The lowest BCUT2D eigenvalue weighted by atomic mass is 10.2. The van der Waals surface area contributed by atoms with E-state index in [4.69, 9.17) is 4.74 Å². The van der Waals surface area contributed by atoms with Gasteiger partial charge in [0.15, 0.2) is 5.13 Å². The molecule has 0 radical (unpaired) electrons. The summed E-state index contributed by atoms with van der Waals surface area (Å²) in [4.78, 5) is 19.0. The fourth-order valence-corrected chi connectivity index (χ4v) is 4.44. The Bertz CT molecular complexity index is 966. The number of benzene rings is 1. The summed E-state index contributed by atoms with van der Waals surface area (Å²) in [5.41, 5.74) is 0.911. The molecular weight excluding hydrogens is 362 g/mol. The van der Waals surface area contributed by atoms with Crippen molar-refractivity contribution in [2.45, 2.75) is 39.0 Å². The third kappa shape index (κ3) is 3.96. The van der Waals surface area contributed by atoms with Gasteiger partial charge in [-0.1, -0.05) is 12.1 Å². The Morgan fingerprint density at radius 1 is 1.44 bits per heavy atom. The van der Waals surface area contributed by atoms with Crippen LogP contribution in [0.5, 0.6) is 5.75 Å². The first-order valence-electron chi connectivity index (χ1n) is 9.03. The minimum Gasteiger partial charge on any atom is -0.487 e. The van der Waals surface area contributed by atoms with Crippen LogP contribution in [0.4, 0.5) is 5.13 Å². The van der Waals surface area contributed by atoms with Crippen LogP contribution in [0, 0.1) is 0 Å². The summed E-state index contributed by atoms with van der Waals surface area (Å²) in [7, 11) is 1.92. The van der Waals surface area contributed by atoms with Crippen LogP contribution >= 0.6 is 11.3 Å². The van der Waals surface area contributed by atoms with E-state index in [2.05, 4.69) is 33.3 Å². The number of nitrogens with one attached hydrogen (secondary N) is 1. The van der Waals surface area contributed by atoms with Crippen LogP contribution in [0.15, 0.2) is 30.6 Å². The summed E-state index contributed by atoms with van der Waals surface area (Å²) >= 11 is 1.52. The molecule has 2 unspecified atom stereocenters. The lowest BCUT2D eigenvalue weighted by molar-refractivity contribution is -0.114. The SMILES string of the molecule is CC(=O)Nc1ncc(CN2CC(Oc3cccc4cn(C)nc34)CC2C)s1. The summed E-state index contributed by atoms with van der Waals surface area (Å²) in [6.07, 6.45) is 4.95. The predicted octanol–water partition coefficient (Wildman–Crippen LogP) is 3.03. The zero-order valence-corrected chi connectivity index (χ0v) is 16.5. The van der Waals surface area contributed by atoms with E-state index in [1.165, 1.54) is 18.3 Å². The minimum atomic E-state index is -0.0948. The molecule has 1 saturated heterocycles. The van der Waals surface area contributed by atoms with Crippen molar-refractivity contribution in [1.82, 2.24) is 19.7 Å². The monoisotopic (exact) mass is 385 g/mol. The van der Waals surface area contributed by atoms with Gasteiger partial charge in [0.1, 0.15) is 17.4 Å². The number of thiazole rings is 1. The molecule has 7 nitrogen and oxygen atoms in total. The van der Waals surface area contributed by atoms with E-state index >= 15 is 0 Å². The van der Waals surface area contributed by atoms with Crippen molar-refractivity contribution in [3.63, 3.8) is 0 Å². The maximum absolute atomic E-state index is 11.2. The Hall–Kier alpha value is -2.45. The van der Waals surface area contributed by atoms with Gasteiger partial charge in [0.2, 0.25) is 5.91 Å². The van der Waals surface area contributed by atoms with Gasteiger partial charge in [0.25, 0.3) is 0 Å². The second-order valence-corrected chi connectivity index (χ2v) is 8.18. The highest BCUT2D eigenvalue weighted by Gasteiger charge is 2.31. The number of nitrogens with zero attached hydrogens (tertiary/aromatic N) is 4. The van der Waals surface area contributed by atoms with Crippen LogP contribution in [0.3, 0.4) is 0 Å². The maximum atomic E-state index is 11.2. The topological polar surface area (TPSA) is 72.3 Å². The van der Waals surface area contributed by atoms with Gasteiger partial charge in [-0.2, -0.15) is 5.10 Å². The number of anilines is 1. The summed E-state index contributed by atoms with van der Waals surface area (Å²) < 4.78 is 8.13. The third-order valence-corrected chi connectivity index (χ3v) is 5.67. The molecule has 0 saturated carbocycles. The fraction of sp³-hybridized carbons (Fsp3) is 0.421. The first kappa shape index (κ1) is 17.9. The van der Waals surface area contributed by atoms with Crippen molar-refractivity contribution < 1.29 is 9.53 Å². The van der Waals surface area contributed by atoms with Crippen LogP contribution in [0.1, 0.15) is 25.1 Å². The van der Waals surface area contributed by atoms with Crippen molar-refractivity contribution in [3.8, 4) is 5.75 Å². The van der Waals surface area contributed by atoms with Crippen molar-refractivity contribution in [3.05, 3.63) is 35.5 Å². The van der Waals surface area contributed by atoms with Crippen LogP contribution in [0.25, 0.3) is 10.9 Å². The molecular formula is C19H23N5O2S. The van der Waals surface area contributed by atoms with E-state index in [1.54, 1.807) is 0 Å². The van der Waals surface area contributed by atoms with E-state index in [9.17, 15) is 4.79 Å². The molecule has 8 heteroatoms. The van der Waals surface area contributed by atoms with E-state index in [-0.39, 0.29) is 12.0 Å². The number of ether oxygens (including phenoxy) is 1. The Morgan fingerprint density at radius 3 is 3.11 bits per heavy atom. The molecule has 142 valence electrons. The Kier molecular flexibility index (Phi) is 4.84. The standard InChI is InChI=1S/C19H23N5O2S/c1-12-7-15(26-17-6-4-5-14-9-23(3)22-18(14)17)10-24(12)11-16-8-20-19(27-16)21-13(2)25/h4-6,8-9,12,15H,7,10-11H2,1-3H3,(H,20,21,25). The summed E-state index contributed by atoms with van der Waals surface area (Å²) in [5.74, 6) is 0.750. The van der Waals surface area contributed by atoms with Crippen molar-refractivity contribution in [2.75, 3.05) is 11.9 Å². The molecule has 0 aliphatic carbocycles. The van der Waals surface area contributed by atoms with Gasteiger partial charge in [-0.25, -0.2) is 4.98 Å². The van der Waals surface area contributed by atoms with E-state index in [0.29, 0.717) is 11.2 Å². The molecule has 4 rings (SSSR count). The number of aromatic nitrogens is 3. The van der Waals surface area contributed by atoms with Gasteiger partial charge in [0, 0.05) is 62.2 Å². The number of likely N-dealkylation sites (tertiary alicyclic amines) is 1. The molecule has 1 aromatic carbocycles. The largest absolute Gasteiger partial charge is 0.487 e. The molecule has 0 bridgehead atoms. The summed E-state index contributed by atoms with van der Waals surface area (Å²) in [6, 6.07) is 6.47. The Morgan fingerprint density at radius 2 is 2.30 bits per heavy atom. The predicted molar refractivity (Wildman–Crippen MR) is 106 cm³/mol. The van der Waals surface area contributed by atoms with E-state index in [1.807, 2.05) is 36.3 Å². The molecule has 3 aromatic rings. The highest BCUT2D eigenvalue weighted by atomic mass is 32.1. The Balaban J connectivity index is 1.42. The number of carbonyl (C=O) groups is 1. The van der Waals surface area contributed by atoms with Crippen LogP contribution in [-0.4, -0.2) is 44.3 Å². The average Bonchev–Trinajstić information content (AvgIpc) is 3.27. The van der Waals surface area contributed by atoms with Crippen LogP contribution < -0.4 is 10.1 Å². The summed E-state index contributed by atoms with van der Waals surface area (Å²) in [5, 5.41) is 9.00. The van der Waals surface area contributed by atoms with Crippen molar-refractivity contribution >= 4 is 33.3 Å². The minimum absolute atomic E-state index is 0.0948. The molecule has 2 aromatic heterocycles. The first-order valence-corrected chi connectivity index (χ1v) is 9.85. The molecule has 2 atom stereocenters. The van der Waals surface area contributed by atoms with Crippen molar-refractivity contribution in [1.29, 1.82) is 0 Å². The number of amides is 1. The number of fused-ring (bicyclic) bond motifs is 1. The van der Waals surface area contributed by atoms with Gasteiger partial charge in [-0.3, -0.25) is 14.4 Å². The second-order valence-electron chi connectivity index (χ2n) is 7.06. The molecule has 1 aliphatic heterocycles. The van der Waals surface area contributed by atoms with Crippen molar-refractivity contribution in [2.24, 2.45) is 7.05 Å². The average molecular weight is 385 g/mol. The molecule has 27 heavy (non-hydrogen) atoms. The van der Waals surface area contributed by atoms with Gasteiger partial charge >= 0.3 is 0 Å². The zero-order valence-electron chi connectivity index (χ0n) is 15.7. The van der Waals surface area contributed by atoms with Gasteiger partial charge in [-0.05, 0) is 13.0 Å². The molecule has 1 N–H and O–H groups in total. The second kappa shape index (κ2) is 7.28. The number of carbonyl (C=O) groups excluding carboxylic acids is 1. The Labute approximate surface area is 162 Å². The van der Waals surface area contributed by atoms with E-state index in [0.717, 1.165) is 41.0 Å². The zero-order chi connectivity index (χ0) is 19.0. The number of hydrogen-bond donors (Lipinski definition) is 1. The number of rotatable bonds is 5. The van der Waals surface area contributed by atoms with E-state index < -0.39 is 0 Å². The third-order valence-electron chi connectivity index (χ3n) is 4.77. The number of hydrogen-bond acceptors (Lipinski definition) is 6. The lowest BCUT2D eigenvalue weighted by Crippen LogP contribution is -2.27. The van der Waals surface area contributed by atoms with Gasteiger partial charge in [0.05, 0.1) is 0 Å². The van der Waals surface area contributed by atoms with Gasteiger partial charge in [-0.15, -0.1) is 11.3 Å². The smallest absolute Gasteiger partial charge is 0.223 e. The van der Waals surface area contributed by atoms with Crippen LogP contribution in [-0.2, 0) is 18.4 Å². The van der Waals surface area contributed by atoms with Gasteiger partial charge < -0.3 is 10.1 Å². The molecule has 1 fully saturated rings. The highest BCUT2D eigenvalue weighted by Crippen LogP contribution is 2.30. The molecule has 3 heterocycles.